The largest absolute Gasteiger partial charge is 0.460 e. The van der Waals surface area contributed by atoms with Crippen LogP contribution in [-0.4, -0.2) is 34.4 Å². The van der Waals surface area contributed by atoms with Crippen LogP contribution >= 0.6 is 23.4 Å². The number of carbonyl (C=O) groups excluding carboxylic acids is 3. The van der Waals surface area contributed by atoms with Crippen LogP contribution in [0, 0.1) is 0 Å². The smallest absolute Gasteiger partial charge is 0.329 e. The van der Waals surface area contributed by atoms with Gasteiger partial charge in [0.15, 0.2) is 0 Å². The molecule has 156 valence electrons. The van der Waals surface area contributed by atoms with Gasteiger partial charge in [-0.15, -0.1) is 0 Å². The second kappa shape index (κ2) is 10.2. The lowest BCUT2D eigenvalue weighted by Gasteiger charge is -2.25. The summed E-state index contributed by atoms with van der Waals surface area (Å²) >= 11 is 6.77. The Morgan fingerprint density at radius 3 is 2.04 bits per heavy atom. The number of ether oxygens (including phenoxy) is 2. The molecule has 0 saturated heterocycles. The van der Waals surface area contributed by atoms with Crippen molar-refractivity contribution in [2.75, 3.05) is 0 Å². The van der Waals surface area contributed by atoms with Crippen molar-refractivity contribution < 1.29 is 23.9 Å². The lowest BCUT2D eigenvalue weighted by atomic mass is 10.1. The minimum Gasteiger partial charge on any atom is -0.460 e. The van der Waals surface area contributed by atoms with E-state index in [-0.39, 0.29) is 12.8 Å². The minimum atomic E-state index is -0.959. The summed E-state index contributed by atoms with van der Waals surface area (Å²) in [7, 11) is 0. The summed E-state index contributed by atoms with van der Waals surface area (Å²) in [6, 6.07) is 5.79. The molecule has 28 heavy (non-hydrogen) atoms. The molecular formula is C20H28ClNO5S. The molecule has 0 unspecified atom stereocenters. The first-order valence-corrected chi connectivity index (χ1v) is 10.1. The predicted molar refractivity (Wildman–Crippen MR) is 111 cm³/mol. The van der Waals surface area contributed by atoms with Gasteiger partial charge in [-0.1, -0.05) is 11.6 Å². The molecule has 1 aromatic rings. The highest BCUT2D eigenvalue weighted by atomic mass is 35.5. The van der Waals surface area contributed by atoms with Crippen molar-refractivity contribution in [3.05, 3.63) is 29.3 Å². The number of hydrogen-bond acceptors (Lipinski definition) is 6. The van der Waals surface area contributed by atoms with Gasteiger partial charge in [-0.25, -0.2) is 4.79 Å². The average Bonchev–Trinajstić information content (AvgIpc) is 2.50. The van der Waals surface area contributed by atoms with Gasteiger partial charge >= 0.3 is 11.9 Å². The van der Waals surface area contributed by atoms with Crippen molar-refractivity contribution >= 4 is 40.5 Å². The summed E-state index contributed by atoms with van der Waals surface area (Å²) in [6.45, 7) is 10.5. The first-order valence-electron chi connectivity index (χ1n) is 8.94. The summed E-state index contributed by atoms with van der Waals surface area (Å²) in [5.41, 5.74) is -1.33. The van der Waals surface area contributed by atoms with E-state index < -0.39 is 34.4 Å². The van der Waals surface area contributed by atoms with Gasteiger partial charge in [0.05, 0.1) is 0 Å². The molecule has 6 nitrogen and oxygen atoms in total. The Labute approximate surface area is 175 Å². The number of esters is 2. The first-order chi connectivity index (χ1) is 12.7. The van der Waals surface area contributed by atoms with E-state index in [0.717, 1.165) is 11.8 Å². The third kappa shape index (κ3) is 10.6. The zero-order chi connectivity index (χ0) is 21.5. The van der Waals surface area contributed by atoms with Crippen molar-refractivity contribution in [1.29, 1.82) is 0 Å². The van der Waals surface area contributed by atoms with Gasteiger partial charge in [-0.3, -0.25) is 9.59 Å². The first kappa shape index (κ1) is 24.3. The maximum Gasteiger partial charge on any atom is 0.329 e. The molecule has 0 heterocycles. The molecule has 0 saturated carbocycles. The minimum absolute atomic E-state index is 0.0208. The van der Waals surface area contributed by atoms with Gasteiger partial charge in [0, 0.05) is 16.3 Å². The van der Waals surface area contributed by atoms with E-state index in [4.69, 9.17) is 21.1 Å². The zero-order valence-corrected chi connectivity index (χ0v) is 18.7. The molecule has 0 aliphatic heterocycles. The molecule has 0 aliphatic rings. The molecule has 1 amide bonds. The van der Waals surface area contributed by atoms with E-state index >= 15 is 0 Å². The molecule has 0 radical (unpaired) electrons. The van der Waals surface area contributed by atoms with Crippen LogP contribution in [0.1, 0.15) is 54.4 Å². The van der Waals surface area contributed by atoms with Crippen LogP contribution in [0.4, 0.5) is 4.79 Å². The summed E-state index contributed by atoms with van der Waals surface area (Å²) in [4.78, 5) is 37.5. The molecule has 0 fully saturated rings. The molecule has 1 atom stereocenters. The molecular weight excluding hydrogens is 402 g/mol. The van der Waals surface area contributed by atoms with Crippen LogP contribution in [0.25, 0.3) is 0 Å². The molecule has 0 aromatic heterocycles. The van der Waals surface area contributed by atoms with Crippen LogP contribution in [0.5, 0.6) is 0 Å². The summed E-state index contributed by atoms with van der Waals surface area (Å²) in [5, 5.41) is 2.76. The number of nitrogens with one attached hydrogen (secondary N) is 1. The topological polar surface area (TPSA) is 81.7 Å². The van der Waals surface area contributed by atoms with E-state index in [1.54, 1.807) is 65.8 Å². The van der Waals surface area contributed by atoms with Crippen molar-refractivity contribution in [3.8, 4) is 0 Å². The Morgan fingerprint density at radius 2 is 1.54 bits per heavy atom. The standard InChI is InChI=1S/C20H28ClNO5S/c1-19(2,3)26-16(23)12-11-15(17(24)27-20(4,5)6)22-18(25)28-14-9-7-13(21)8-10-14/h7-10,15H,11-12H2,1-6H3,(H,22,25)/t15-/m0/s1. The van der Waals surface area contributed by atoms with E-state index in [2.05, 4.69) is 5.32 Å². The maximum absolute atomic E-state index is 12.5. The highest BCUT2D eigenvalue weighted by Crippen LogP contribution is 2.22. The number of rotatable bonds is 6. The predicted octanol–water partition coefficient (Wildman–Crippen LogP) is 4.97. The number of benzene rings is 1. The Bertz CT molecular complexity index is 692. The number of halogens is 1. The molecule has 0 spiro atoms. The van der Waals surface area contributed by atoms with Gasteiger partial charge in [0.2, 0.25) is 0 Å². The van der Waals surface area contributed by atoms with Crippen LogP contribution in [0.2, 0.25) is 5.02 Å². The number of amides is 1. The van der Waals surface area contributed by atoms with Gasteiger partial charge in [0.25, 0.3) is 5.24 Å². The van der Waals surface area contributed by atoms with Crippen molar-refractivity contribution in [2.45, 2.75) is 76.5 Å². The van der Waals surface area contributed by atoms with Crippen LogP contribution in [0.3, 0.4) is 0 Å². The van der Waals surface area contributed by atoms with Gasteiger partial charge in [-0.05, 0) is 84.0 Å². The fraction of sp³-hybridized carbons (Fsp3) is 0.550. The van der Waals surface area contributed by atoms with E-state index in [0.29, 0.717) is 9.92 Å². The fourth-order valence-corrected chi connectivity index (χ4v) is 2.87. The fourth-order valence-electron chi connectivity index (χ4n) is 2.06. The van der Waals surface area contributed by atoms with Crippen molar-refractivity contribution in [3.63, 3.8) is 0 Å². The summed E-state index contributed by atoms with van der Waals surface area (Å²) in [6.07, 6.45) is 0.0593. The zero-order valence-electron chi connectivity index (χ0n) is 17.1. The van der Waals surface area contributed by atoms with Gasteiger partial charge < -0.3 is 14.8 Å². The van der Waals surface area contributed by atoms with Crippen LogP contribution < -0.4 is 5.32 Å². The normalized spacial score (nSPS) is 12.8. The third-order valence-electron chi connectivity index (χ3n) is 3.06. The highest BCUT2D eigenvalue weighted by molar-refractivity contribution is 8.13. The van der Waals surface area contributed by atoms with Crippen LogP contribution in [0.15, 0.2) is 29.2 Å². The molecule has 1 N–H and O–H groups in total. The Kier molecular flexibility index (Phi) is 8.82. The quantitative estimate of drug-likeness (QED) is 0.507. The molecule has 1 rings (SSSR count). The Morgan fingerprint density at radius 1 is 1.00 bits per heavy atom. The second-order valence-corrected chi connectivity index (χ2v) is 9.68. The number of thioether (sulfide) groups is 1. The molecule has 0 aliphatic carbocycles. The Balaban J connectivity index is 2.76. The van der Waals surface area contributed by atoms with Gasteiger partial charge in [-0.2, -0.15) is 0 Å². The highest BCUT2D eigenvalue weighted by Gasteiger charge is 2.28. The summed E-state index contributed by atoms with van der Waals surface area (Å²) < 4.78 is 10.6. The summed E-state index contributed by atoms with van der Waals surface area (Å²) in [5.74, 6) is -1.04. The lowest BCUT2D eigenvalue weighted by molar-refractivity contribution is -0.158. The SMILES string of the molecule is CC(C)(C)OC(=O)CC[C@H](NC(=O)Sc1ccc(Cl)cc1)C(=O)OC(C)(C)C. The molecule has 8 heteroatoms. The third-order valence-corrected chi connectivity index (χ3v) is 4.13. The second-order valence-electron chi connectivity index (χ2n) is 8.20. The average molecular weight is 430 g/mol. The van der Waals surface area contributed by atoms with Crippen molar-refractivity contribution in [2.24, 2.45) is 0 Å². The lowest BCUT2D eigenvalue weighted by Crippen LogP contribution is -2.43. The van der Waals surface area contributed by atoms with Crippen molar-refractivity contribution in [1.82, 2.24) is 5.32 Å². The van der Waals surface area contributed by atoms with Crippen LogP contribution in [-0.2, 0) is 19.1 Å². The van der Waals surface area contributed by atoms with E-state index in [1.165, 1.54) is 0 Å². The van der Waals surface area contributed by atoms with E-state index in [9.17, 15) is 14.4 Å². The Hall–Kier alpha value is -1.73. The number of hydrogen-bond donors (Lipinski definition) is 1. The maximum atomic E-state index is 12.5. The molecule has 1 aromatic carbocycles. The monoisotopic (exact) mass is 429 g/mol. The number of carbonyl (C=O) groups is 3. The van der Waals surface area contributed by atoms with Gasteiger partial charge in [0.1, 0.15) is 17.2 Å². The van der Waals surface area contributed by atoms with E-state index in [1.807, 2.05) is 0 Å². The molecule has 0 bridgehead atoms.